The average Bonchev–Trinajstić information content (AvgIpc) is 2.70. The topological polar surface area (TPSA) is 58.6 Å². The summed E-state index contributed by atoms with van der Waals surface area (Å²) in [5, 5.41) is 2.85. The normalized spacial score (nSPS) is 11.5. The highest BCUT2D eigenvalue weighted by Gasteiger charge is 2.26. The van der Waals surface area contributed by atoms with Gasteiger partial charge >= 0.3 is 0 Å². The van der Waals surface area contributed by atoms with Crippen molar-refractivity contribution in [2.75, 3.05) is 13.2 Å². The van der Waals surface area contributed by atoms with Crippen LogP contribution in [-0.4, -0.2) is 35.9 Å². The van der Waals surface area contributed by atoms with Crippen LogP contribution in [0.25, 0.3) is 0 Å². The molecular weight excluding hydrogens is 408 g/mol. The molecule has 2 amide bonds. The van der Waals surface area contributed by atoms with E-state index in [4.69, 9.17) is 4.74 Å². The van der Waals surface area contributed by atoms with Crippen molar-refractivity contribution in [3.63, 3.8) is 0 Å². The molecule has 0 aromatic heterocycles. The van der Waals surface area contributed by atoms with Gasteiger partial charge < -0.3 is 15.0 Å². The highest BCUT2D eigenvalue weighted by atomic mass is 79.9. The lowest BCUT2D eigenvalue weighted by atomic mass is 10.1. The third-order valence-electron chi connectivity index (χ3n) is 4.09. The van der Waals surface area contributed by atoms with Crippen LogP contribution in [0.2, 0.25) is 0 Å². The molecule has 1 N–H and O–H groups in total. The second kappa shape index (κ2) is 10.7. The molecule has 0 saturated heterocycles. The molecule has 0 aliphatic carbocycles. The van der Waals surface area contributed by atoms with Gasteiger partial charge in [0, 0.05) is 17.6 Å². The summed E-state index contributed by atoms with van der Waals surface area (Å²) in [5.74, 6) is 0.223. The third kappa shape index (κ3) is 6.71. The lowest BCUT2D eigenvalue weighted by Crippen LogP contribution is -2.49. The molecule has 1 atom stereocenters. The van der Waals surface area contributed by atoms with E-state index in [-0.39, 0.29) is 18.4 Å². The quantitative estimate of drug-likeness (QED) is 0.655. The van der Waals surface area contributed by atoms with E-state index in [0.29, 0.717) is 18.8 Å². The standard InChI is InChI=1S/C21H25BrN2O3/c1-3-13-23-21(26)16(2)24(14-17-9-11-18(22)12-10-17)20(25)15-27-19-7-5-4-6-8-19/h4-12,16H,3,13-15H2,1-2H3,(H,23,26)/t16-/m0/s1. The third-order valence-corrected chi connectivity index (χ3v) is 4.62. The number of hydrogen-bond acceptors (Lipinski definition) is 3. The largest absolute Gasteiger partial charge is 0.484 e. The molecule has 5 nitrogen and oxygen atoms in total. The van der Waals surface area contributed by atoms with Gasteiger partial charge in [0.2, 0.25) is 5.91 Å². The minimum atomic E-state index is -0.591. The van der Waals surface area contributed by atoms with E-state index in [1.54, 1.807) is 24.0 Å². The molecule has 0 saturated carbocycles. The SMILES string of the molecule is CCCNC(=O)[C@H](C)N(Cc1ccc(Br)cc1)C(=O)COc1ccccc1. The lowest BCUT2D eigenvalue weighted by molar-refractivity contribution is -0.142. The minimum Gasteiger partial charge on any atom is -0.484 e. The number of benzene rings is 2. The van der Waals surface area contributed by atoms with Gasteiger partial charge in [0.15, 0.2) is 6.61 Å². The molecule has 0 unspecified atom stereocenters. The van der Waals surface area contributed by atoms with Crippen molar-refractivity contribution >= 4 is 27.7 Å². The maximum absolute atomic E-state index is 12.8. The first-order chi connectivity index (χ1) is 13.0. The molecule has 144 valence electrons. The summed E-state index contributed by atoms with van der Waals surface area (Å²) < 4.78 is 6.55. The smallest absolute Gasteiger partial charge is 0.261 e. The first-order valence-corrected chi connectivity index (χ1v) is 9.80. The first kappa shape index (κ1) is 21.0. The maximum Gasteiger partial charge on any atom is 0.261 e. The van der Waals surface area contributed by atoms with E-state index in [0.717, 1.165) is 16.5 Å². The summed E-state index contributed by atoms with van der Waals surface area (Å²) in [4.78, 5) is 26.8. The fourth-order valence-electron chi connectivity index (χ4n) is 2.51. The molecule has 0 fully saturated rings. The fraction of sp³-hybridized carbons (Fsp3) is 0.333. The summed E-state index contributed by atoms with van der Waals surface area (Å²) >= 11 is 3.41. The lowest BCUT2D eigenvalue weighted by Gasteiger charge is -2.28. The number of para-hydroxylation sites is 1. The van der Waals surface area contributed by atoms with Crippen LogP contribution in [0.4, 0.5) is 0 Å². The van der Waals surface area contributed by atoms with E-state index < -0.39 is 6.04 Å². The number of carbonyl (C=O) groups excluding carboxylic acids is 2. The van der Waals surface area contributed by atoms with Gasteiger partial charge in [-0.3, -0.25) is 9.59 Å². The van der Waals surface area contributed by atoms with E-state index in [2.05, 4.69) is 21.2 Å². The van der Waals surface area contributed by atoms with Crippen molar-refractivity contribution in [2.45, 2.75) is 32.9 Å². The zero-order chi connectivity index (χ0) is 19.6. The van der Waals surface area contributed by atoms with Crippen LogP contribution < -0.4 is 10.1 Å². The molecule has 0 aliphatic rings. The van der Waals surface area contributed by atoms with Crippen molar-refractivity contribution in [2.24, 2.45) is 0 Å². The number of nitrogens with zero attached hydrogens (tertiary/aromatic N) is 1. The van der Waals surface area contributed by atoms with E-state index in [1.165, 1.54) is 0 Å². The van der Waals surface area contributed by atoms with Gasteiger partial charge in [-0.05, 0) is 43.2 Å². The molecular formula is C21H25BrN2O3. The number of nitrogens with one attached hydrogen (secondary N) is 1. The number of amides is 2. The Kier molecular flexibility index (Phi) is 8.33. The fourth-order valence-corrected chi connectivity index (χ4v) is 2.77. The van der Waals surface area contributed by atoms with Crippen molar-refractivity contribution in [3.05, 3.63) is 64.6 Å². The van der Waals surface area contributed by atoms with Crippen LogP contribution in [0.5, 0.6) is 5.75 Å². The van der Waals surface area contributed by atoms with Crippen LogP contribution in [0, 0.1) is 0 Å². The Bertz CT molecular complexity index is 735. The maximum atomic E-state index is 12.8. The Labute approximate surface area is 168 Å². The molecule has 0 heterocycles. The minimum absolute atomic E-state index is 0.119. The van der Waals surface area contributed by atoms with Crippen LogP contribution in [0.1, 0.15) is 25.8 Å². The van der Waals surface area contributed by atoms with Crippen LogP contribution in [0.3, 0.4) is 0 Å². The van der Waals surface area contributed by atoms with Gasteiger partial charge in [0.1, 0.15) is 11.8 Å². The van der Waals surface area contributed by atoms with E-state index in [9.17, 15) is 9.59 Å². The Balaban J connectivity index is 2.10. The molecule has 0 bridgehead atoms. The molecule has 2 aromatic carbocycles. The molecule has 0 radical (unpaired) electrons. The van der Waals surface area contributed by atoms with Gasteiger partial charge in [-0.25, -0.2) is 0 Å². The predicted molar refractivity (Wildman–Crippen MR) is 109 cm³/mol. The number of hydrogen-bond donors (Lipinski definition) is 1. The van der Waals surface area contributed by atoms with E-state index >= 15 is 0 Å². The van der Waals surface area contributed by atoms with Crippen molar-refractivity contribution in [3.8, 4) is 5.75 Å². The Morgan fingerprint density at radius 2 is 1.78 bits per heavy atom. The Morgan fingerprint density at radius 3 is 2.41 bits per heavy atom. The summed E-state index contributed by atoms with van der Waals surface area (Å²) in [5.41, 5.74) is 0.946. The molecule has 2 rings (SSSR count). The van der Waals surface area contributed by atoms with Gasteiger partial charge in [0.05, 0.1) is 0 Å². The molecule has 6 heteroatoms. The van der Waals surface area contributed by atoms with Crippen molar-refractivity contribution in [1.29, 1.82) is 0 Å². The highest BCUT2D eigenvalue weighted by Crippen LogP contribution is 2.15. The summed E-state index contributed by atoms with van der Waals surface area (Å²) in [6.45, 7) is 4.54. The van der Waals surface area contributed by atoms with Gasteiger partial charge in [0.25, 0.3) is 5.91 Å². The summed E-state index contributed by atoms with van der Waals surface area (Å²) in [6.07, 6.45) is 0.843. The van der Waals surface area contributed by atoms with Crippen LogP contribution in [-0.2, 0) is 16.1 Å². The van der Waals surface area contributed by atoms with Crippen LogP contribution in [0.15, 0.2) is 59.1 Å². The molecule has 0 spiro atoms. The summed E-state index contributed by atoms with van der Waals surface area (Å²) in [6, 6.07) is 16.3. The number of carbonyl (C=O) groups is 2. The zero-order valence-corrected chi connectivity index (χ0v) is 17.2. The first-order valence-electron chi connectivity index (χ1n) is 9.00. The van der Waals surface area contributed by atoms with Crippen LogP contribution >= 0.6 is 15.9 Å². The van der Waals surface area contributed by atoms with E-state index in [1.807, 2.05) is 49.4 Å². The monoisotopic (exact) mass is 432 g/mol. The summed E-state index contributed by atoms with van der Waals surface area (Å²) in [7, 11) is 0. The Hall–Kier alpha value is -2.34. The van der Waals surface area contributed by atoms with Crippen molar-refractivity contribution < 1.29 is 14.3 Å². The zero-order valence-electron chi connectivity index (χ0n) is 15.7. The van der Waals surface area contributed by atoms with Gasteiger partial charge in [-0.15, -0.1) is 0 Å². The number of ether oxygens (including phenoxy) is 1. The Morgan fingerprint density at radius 1 is 1.11 bits per heavy atom. The second-order valence-corrected chi connectivity index (χ2v) is 7.13. The predicted octanol–water partition coefficient (Wildman–Crippen LogP) is 3.77. The number of rotatable bonds is 9. The molecule has 27 heavy (non-hydrogen) atoms. The molecule has 0 aliphatic heterocycles. The molecule has 2 aromatic rings. The van der Waals surface area contributed by atoms with Gasteiger partial charge in [-0.2, -0.15) is 0 Å². The highest BCUT2D eigenvalue weighted by molar-refractivity contribution is 9.10. The number of halogens is 1. The van der Waals surface area contributed by atoms with Crippen molar-refractivity contribution in [1.82, 2.24) is 10.2 Å². The second-order valence-electron chi connectivity index (χ2n) is 6.22. The van der Waals surface area contributed by atoms with Gasteiger partial charge in [-0.1, -0.05) is 53.2 Å². The average molecular weight is 433 g/mol.